The van der Waals surface area contributed by atoms with Crippen LogP contribution >= 0.6 is 0 Å². The maximum atomic E-state index is 5.77. The summed E-state index contributed by atoms with van der Waals surface area (Å²) in [4.78, 5) is 2.44. The first-order valence-electron chi connectivity index (χ1n) is 7.08. The van der Waals surface area contributed by atoms with Crippen LogP contribution in [0, 0.1) is 0 Å². The van der Waals surface area contributed by atoms with Crippen molar-refractivity contribution in [1.29, 1.82) is 0 Å². The molecule has 0 atom stereocenters. The molecule has 1 aliphatic rings. The van der Waals surface area contributed by atoms with E-state index in [1.807, 2.05) is 0 Å². The zero-order valence-corrected chi connectivity index (χ0v) is 11.3. The molecule has 3 nitrogen and oxygen atoms in total. The smallest absolute Gasteiger partial charge is 0.121 e. The van der Waals surface area contributed by atoms with Crippen LogP contribution in [-0.2, 0) is 0 Å². The second-order valence-electron chi connectivity index (χ2n) is 4.79. The molecule has 0 bridgehead atoms. The molecule has 0 spiro atoms. The van der Waals surface area contributed by atoms with E-state index in [9.17, 15) is 0 Å². The molecule has 0 aromatic heterocycles. The molecule has 1 heterocycles. The Morgan fingerprint density at radius 3 is 3.11 bits per heavy atom. The van der Waals surface area contributed by atoms with Crippen LogP contribution in [-0.4, -0.2) is 32.8 Å². The van der Waals surface area contributed by atoms with E-state index in [1.165, 1.54) is 18.5 Å². The first-order valence-corrected chi connectivity index (χ1v) is 7.08. The Kier molecular flexibility index (Phi) is 5.34. The summed E-state index contributed by atoms with van der Waals surface area (Å²) in [6.07, 6.45) is 3.51. The van der Waals surface area contributed by atoms with Crippen LogP contribution in [0.4, 0.5) is 5.69 Å². The van der Waals surface area contributed by atoms with Crippen LogP contribution in [0.25, 0.3) is 0 Å². The van der Waals surface area contributed by atoms with Crippen molar-refractivity contribution in [2.45, 2.75) is 26.2 Å². The third-order valence-electron chi connectivity index (χ3n) is 3.29. The van der Waals surface area contributed by atoms with E-state index in [-0.39, 0.29) is 0 Å². The summed E-state index contributed by atoms with van der Waals surface area (Å²) in [6, 6.07) is 8.49. The summed E-state index contributed by atoms with van der Waals surface area (Å²) < 4.78 is 5.77. The van der Waals surface area contributed by atoms with Crippen molar-refractivity contribution < 1.29 is 4.74 Å². The van der Waals surface area contributed by atoms with Crippen LogP contribution in [0.2, 0.25) is 0 Å². The number of nitrogens with zero attached hydrogens (tertiary/aromatic N) is 1. The molecule has 1 aromatic carbocycles. The minimum Gasteiger partial charge on any atom is -0.494 e. The van der Waals surface area contributed by atoms with Gasteiger partial charge < -0.3 is 15.0 Å². The Morgan fingerprint density at radius 2 is 2.22 bits per heavy atom. The van der Waals surface area contributed by atoms with Gasteiger partial charge >= 0.3 is 0 Å². The molecule has 1 fully saturated rings. The standard InChI is InChI=1S/C15H24N2O/c1-2-3-12-18-15-7-4-6-14(13-15)17-10-5-8-16-9-11-17/h4,6-7,13,16H,2-3,5,8-12H2,1H3. The number of rotatable bonds is 5. The van der Waals surface area contributed by atoms with Gasteiger partial charge in [0.05, 0.1) is 6.61 Å². The van der Waals surface area contributed by atoms with E-state index in [4.69, 9.17) is 4.74 Å². The maximum absolute atomic E-state index is 5.77. The molecule has 1 aromatic rings. The highest BCUT2D eigenvalue weighted by atomic mass is 16.5. The van der Waals surface area contributed by atoms with Crippen LogP contribution in [0.5, 0.6) is 5.75 Å². The van der Waals surface area contributed by atoms with Gasteiger partial charge in [-0.25, -0.2) is 0 Å². The van der Waals surface area contributed by atoms with Crippen molar-refractivity contribution in [3.05, 3.63) is 24.3 Å². The highest BCUT2D eigenvalue weighted by Gasteiger charge is 2.09. The molecule has 18 heavy (non-hydrogen) atoms. The molecule has 1 N–H and O–H groups in total. The molecule has 2 rings (SSSR count). The zero-order valence-electron chi connectivity index (χ0n) is 11.3. The second kappa shape index (κ2) is 7.27. The Bertz CT molecular complexity index is 346. The number of ether oxygens (including phenoxy) is 1. The molecule has 0 aliphatic carbocycles. The molecular weight excluding hydrogens is 224 g/mol. The third-order valence-corrected chi connectivity index (χ3v) is 3.29. The van der Waals surface area contributed by atoms with E-state index in [1.54, 1.807) is 0 Å². The SMILES string of the molecule is CCCCOc1cccc(N2CCCNCC2)c1. The first-order chi connectivity index (χ1) is 8.90. The summed E-state index contributed by atoms with van der Waals surface area (Å²) in [5.74, 6) is 0.998. The van der Waals surface area contributed by atoms with Gasteiger partial charge in [-0.05, 0) is 31.5 Å². The number of nitrogens with one attached hydrogen (secondary N) is 1. The maximum Gasteiger partial charge on any atom is 0.121 e. The highest BCUT2D eigenvalue weighted by Crippen LogP contribution is 2.21. The fraction of sp³-hybridized carbons (Fsp3) is 0.600. The molecule has 0 unspecified atom stereocenters. The minimum atomic E-state index is 0.821. The first kappa shape index (κ1) is 13.2. The van der Waals surface area contributed by atoms with Crippen LogP contribution < -0.4 is 15.0 Å². The Hall–Kier alpha value is -1.22. The van der Waals surface area contributed by atoms with E-state index in [0.717, 1.165) is 45.0 Å². The Balaban J connectivity index is 1.96. The molecule has 1 aliphatic heterocycles. The summed E-state index contributed by atoms with van der Waals surface area (Å²) in [5.41, 5.74) is 1.28. The molecule has 0 saturated carbocycles. The lowest BCUT2D eigenvalue weighted by atomic mass is 10.2. The zero-order chi connectivity index (χ0) is 12.6. The van der Waals surface area contributed by atoms with Crippen LogP contribution in [0.15, 0.2) is 24.3 Å². The van der Waals surface area contributed by atoms with Crippen LogP contribution in [0.1, 0.15) is 26.2 Å². The quantitative estimate of drug-likeness (QED) is 0.811. The number of hydrogen-bond acceptors (Lipinski definition) is 3. The Labute approximate surface area is 110 Å². The summed E-state index contributed by atoms with van der Waals surface area (Å²) in [7, 11) is 0. The van der Waals surface area contributed by atoms with E-state index in [2.05, 4.69) is 41.4 Å². The number of benzene rings is 1. The van der Waals surface area contributed by atoms with Crippen molar-refractivity contribution in [2.75, 3.05) is 37.7 Å². The number of anilines is 1. The molecule has 0 amide bonds. The van der Waals surface area contributed by atoms with Crippen molar-refractivity contribution in [2.24, 2.45) is 0 Å². The van der Waals surface area contributed by atoms with E-state index >= 15 is 0 Å². The summed E-state index contributed by atoms with van der Waals surface area (Å²) in [5, 5.41) is 3.43. The van der Waals surface area contributed by atoms with Gasteiger partial charge in [-0.2, -0.15) is 0 Å². The molecular formula is C15H24N2O. The lowest BCUT2D eigenvalue weighted by Gasteiger charge is -2.22. The minimum absolute atomic E-state index is 0.821. The molecule has 100 valence electrons. The largest absolute Gasteiger partial charge is 0.494 e. The lowest BCUT2D eigenvalue weighted by molar-refractivity contribution is 0.309. The molecule has 3 heteroatoms. The van der Waals surface area contributed by atoms with Crippen molar-refractivity contribution >= 4 is 5.69 Å². The van der Waals surface area contributed by atoms with Gasteiger partial charge in [-0.3, -0.25) is 0 Å². The lowest BCUT2D eigenvalue weighted by Crippen LogP contribution is -2.27. The summed E-state index contributed by atoms with van der Waals surface area (Å²) in [6.45, 7) is 7.42. The highest BCUT2D eigenvalue weighted by molar-refractivity contribution is 5.50. The van der Waals surface area contributed by atoms with Gasteiger partial charge in [0.2, 0.25) is 0 Å². The number of unbranched alkanes of at least 4 members (excludes halogenated alkanes) is 1. The van der Waals surface area contributed by atoms with Crippen molar-refractivity contribution in [3.63, 3.8) is 0 Å². The van der Waals surface area contributed by atoms with Crippen molar-refractivity contribution in [1.82, 2.24) is 5.32 Å². The van der Waals surface area contributed by atoms with Crippen molar-refractivity contribution in [3.8, 4) is 5.75 Å². The monoisotopic (exact) mass is 248 g/mol. The Morgan fingerprint density at radius 1 is 1.28 bits per heavy atom. The normalized spacial score (nSPS) is 16.4. The predicted molar refractivity (Wildman–Crippen MR) is 76.5 cm³/mol. The van der Waals surface area contributed by atoms with Gasteiger partial charge in [-0.15, -0.1) is 0 Å². The van der Waals surface area contributed by atoms with Gasteiger partial charge in [0.25, 0.3) is 0 Å². The number of hydrogen-bond donors (Lipinski definition) is 1. The summed E-state index contributed by atoms with van der Waals surface area (Å²) >= 11 is 0. The molecule has 1 saturated heterocycles. The fourth-order valence-corrected chi connectivity index (χ4v) is 2.21. The van der Waals surface area contributed by atoms with Gasteiger partial charge in [0.1, 0.15) is 5.75 Å². The van der Waals surface area contributed by atoms with Gasteiger partial charge in [0, 0.05) is 31.4 Å². The molecule has 0 radical (unpaired) electrons. The predicted octanol–water partition coefficient (Wildman–Crippen LogP) is 2.67. The van der Waals surface area contributed by atoms with Crippen LogP contribution in [0.3, 0.4) is 0 Å². The second-order valence-corrected chi connectivity index (χ2v) is 4.79. The van der Waals surface area contributed by atoms with E-state index < -0.39 is 0 Å². The van der Waals surface area contributed by atoms with Gasteiger partial charge in [-0.1, -0.05) is 19.4 Å². The van der Waals surface area contributed by atoms with E-state index in [0.29, 0.717) is 0 Å². The third kappa shape index (κ3) is 3.91. The fourth-order valence-electron chi connectivity index (χ4n) is 2.21. The average molecular weight is 248 g/mol. The van der Waals surface area contributed by atoms with Gasteiger partial charge in [0.15, 0.2) is 0 Å². The topological polar surface area (TPSA) is 24.5 Å². The average Bonchev–Trinajstić information content (AvgIpc) is 2.68.